The van der Waals surface area contributed by atoms with Crippen molar-refractivity contribution in [2.75, 3.05) is 54.4 Å². The van der Waals surface area contributed by atoms with E-state index in [1.54, 1.807) is 0 Å². The number of nitrogens with zero attached hydrogens (tertiary/aromatic N) is 2. The van der Waals surface area contributed by atoms with E-state index in [9.17, 15) is 0 Å². The number of unbranched alkanes of at least 4 members (excludes halogenated alkanes) is 23. The quantitative estimate of drug-likeness (QED) is 0.0526. The molecule has 0 aliphatic carbocycles. The first-order chi connectivity index (χ1) is 18.8. The van der Waals surface area contributed by atoms with E-state index in [1.807, 2.05) is 0 Å². The van der Waals surface area contributed by atoms with Gasteiger partial charge in [0.2, 0.25) is 0 Å². The van der Waals surface area contributed by atoms with Crippen LogP contribution in [-0.2, 0) is 4.84 Å². The third-order valence-electron chi connectivity index (χ3n) is 8.77. The van der Waals surface area contributed by atoms with Gasteiger partial charge in [-0.3, -0.25) is 0 Å². The molecule has 0 unspecified atom stereocenters. The Labute approximate surface area is 282 Å². The summed E-state index contributed by atoms with van der Waals surface area (Å²) in [7, 11) is 9.33. The van der Waals surface area contributed by atoms with Crippen LogP contribution in [0.15, 0.2) is 0 Å². The zero-order chi connectivity index (χ0) is 28.9. The molecule has 41 heavy (non-hydrogen) atoms. The molecule has 0 radical (unpaired) electrons. The van der Waals surface area contributed by atoms with Crippen molar-refractivity contribution in [1.82, 2.24) is 0 Å². The fourth-order valence-corrected chi connectivity index (χ4v) is 5.84. The molecule has 0 amide bonds. The van der Waals surface area contributed by atoms with Gasteiger partial charge in [-0.05, 0) is 38.5 Å². The lowest BCUT2D eigenvalue weighted by Gasteiger charge is -2.30. The second-order valence-corrected chi connectivity index (χ2v) is 14.0. The topological polar surface area (TPSA) is 9.23 Å². The molecule has 0 atom stereocenters. The standard InChI is InChI=1S/C36H78N2O.2BrH/c1-7-9-11-13-15-17-19-21-23-25-27-29-33-37(3,4)34-31-32-36-39-38(5,6)35-30-28-26-24-22-20-18-16-14-12-10-8-2;;/h7-36H2,1-6H3;2*1H/q+2;;/p-2. The molecule has 0 fully saturated rings. The van der Waals surface area contributed by atoms with Crippen LogP contribution in [-0.4, -0.2) is 63.6 Å². The molecule has 0 aromatic rings. The number of rotatable bonds is 32. The Balaban J connectivity index is -0.00000722. The Bertz CT molecular complexity index is 446. The van der Waals surface area contributed by atoms with Gasteiger partial charge in [-0.15, -0.1) is 0 Å². The molecule has 0 N–H and O–H groups in total. The highest BCUT2D eigenvalue weighted by molar-refractivity contribution is 4.50. The van der Waals surface area contributed by atoms with Crippen LogP contribution in [0.1, 0.15) is 181 Å². The summed E-state index contributed by atoms with van der Waals surface area (Å²) >= 11 is 0. The minimum Gasteiger partial charge on any atom is -1.00 e. The lowest BCUT2D eigenvalue weighted by molar-refractivity contribution is -1.08. The average molecular weight is 715 g/mol. The van der Waals surface area contributed by atoms with Gasteiger partial charge in [0, 0.05) is 0 Å². The SMILES string of the molecule is CCCCCCCCCCCCCC[N+](C)(C)CCCCO[N+](C)(C)CCCCCCCCCCCCCC.[Br-].[Br-]. The van der Waals surface area contributed by atoms with Gasteiger partial charge >= 0.3 is 0 Å². The predicted octanol–water partition coefficient (Wildman–Crippen LogP) is 5.26. The lowest BCUT2D eigenvalue weighted by Crippen LogP contribution is -3.00. The van der Waals surface area contributed by atoms with Crippen LogP contribution in [0.25, 0.3) is 0 Å². The van der Waals surface area contributed by atoms with Crippen molar-refractivity contribution in [1.29, 1.82) is 0 Å². The van der Waals surface area contributed by atoms with Crippen LogP contribution in [0.5, 0.6) is 0 Å². The van der Waals surface area contributed by atoms with E-state index in [2.05, 4.69) is 42.0 Å². The molecule has 252 valence electrons. The molecule has 0 saturated heterocycles. The molecule has 0 aliphatic rings. The summed E-state index contributed by atoms with van der Waals surface area (Å²) < 4.78 is 1.91. The zero-order valence-corrected chi connectivity index (χ0v) is 32.4. The summed E-state index contributed by atoms with van der Waals surface area (Å²) in [5, 5.41) is 0. The van der Waals surface area contributed by atoms with E-state index >= 15 is 0 Å². The molecule has 0 spiro atoms. The second-order valence-electron chi connectivity index (χ2n) is 14.0. The van der Waals surface area contributed by atoms with Gasteiger partial charge in [0.15, 0.2) is 0 Å². The summed E-state index contributed by atoms with van der Waals surface area (Å²) in [4.78, 5) is 6.25. The van der Waals surface area contributed by atoms with E-state index in [4.69, 9.17) is 4.84 Å². The molecule has 5 heteroatoms. The molecule has 0 bridgehead atoms. The van der Waals surface area contributed by atoms with Crippen LogP contribution < -0.4 is 34.0 Å². The van der Waals surface area contributed by atoms with E-state index in [1.165, 1.54) is 185 Å². The summed E-state index contributed by atoms with van der Waals surface area (Å²) in [6.45, 7) is 9.28. The normalized spacial score (nSPS) is 11.9. The Morgan fingerprint density at radius 2 is 0.610 bits per heavy atom. The minimum absolute atomic E-state index is 0. The average Bonchev–Trinajstić information content (AvgIpc) is 2.89. The lowest BCUT2D eigenvalue weighted by atomic mass is 10.1. The molecule has 0 rings (SSSR count). The van der Waals surface area contributed by atoms with Gasteiger partial charge in [0.1, 0.15) is 13.2 Å². The third kappa shape index (κ3) is 36.9. The van der Waals surface area contributed by atoms with Crippen LogP contribution in [0, 0.1) is 0 Å². The first kappa shape index (κ1) is 46.3. The summed E-state index contributed by atoms with van der Waals surface area (Å²) in [6, 6.07) is 0. The largest absolute Gasteiger partial charge is 1.00 e. The van der Waals surface area contributed by atoms with Crippen molar-refractivity contribution >= 4 is 0 Å². The van der Waals surface area contributed by atoms with Gasteiger partial charge in [-0.25, -0.2) is 4.84 Å². The van der Waals surface area contributed by atoms with Crippen molar-refractivity contribution in [3.05, 3.63) is 0 Å². The van der Waals surface area contributed by atoms with Crippen LogP contribution in [0.2, 0.25) is 0 Å². The summed E-state index contributed by atoms with van der Waals surface area (Å²) in [5.41, 5.74) is 0. The molecular weight excluding hydrogens is 636 g/mol. The van der Waals surface area contributed by atoms with Crippen LogP contribution >= 0.6 is 0 Å². The Morgan fingerprint density at radius 1 is 0.341 bits per heavy atom. The van der Waals surface area contributed by atoms with E-state index in [0.29, 0.717) is 0 Å². The Kier molecular flexibility index (Phi) is 38.1. The van der Waals surface area contributed by atoms with Gasteiger partial charge in [-0.2, -0.15) is 4.65 Å². The van der Waals surface area contributed by atoms with Gasteiger partial charge in [-0.1, -0.05) is 142 Å². The number of halogens is 2. The number of hydrogen-bond donors (Lipinski definition) is 0. The van der Waals surface area contributed by atoms with Crippen molar-refractivity contribution < 1.29 is 47.9 Å². The van der Waals surface area contributed by atoms with E-state index in [0.717, 1.165) is 17.8 Å². The van der Waals surface area contributed by atoms with Crippen molar-refractivity contribution in [2.24, 2.45) is 0 Å². The summed E-state index contributed by atoms with van der Waals surface area (Å²) in [6.07, 6.45) is 36.7. The van der Waals surface area contributed by atoms with Gasteiger partial charge in [0.05, 0.1) is 41.3 Å². The third-order valence-corrected chi connectivity index (χ3v) is 8.77. The maximum atomic E-state index is 6.25. The Hall–Kier alpha value is 0.840. The number of hydrogen-bond acceptors (Lipinski definition) is 1. The smallest absolute Gasteiger partial charge is 0.108 e. The van der Waals surface area contributed by atoms with Crippen molar-refractivity contribution in [3.8, 4) is 0 Å². The van der Waals surface area contributed by atoms with Crippen LogP contribution in [0.3, 0.4) is 0 Å². The second kappa shape index (κ2) is 33.7. The molecule has 0 heterocycles. The molecule has 0 aliphatic heterocycles. The molecule has 0 aromatic heterocycles. The maximum absolute atomic E-state index is 6.25. The number of hydroxylamine groups is 3. The fraction of sp³-hybridized carbons (Fsp3) is 1.00. The highest BCUT2D eigenvalue weighted by Gasteiger charge is 2.17. The van der Waals surface area contributed by atoms with Crippen LogP contribution in [0.4, 0.5) is 0 Å². The highest BCUT2D eigenvalue weighted by atomic mass is 79.9. The summed E-state index contributed by atoms with van der Waals surface area (Å²) in [5.74, 6) is 0. The highest BCUT2D eigenvalue weighted by Crippen LogP contribution is 2.15. The van der Waals surface area contributed by atoms with Gasteiger partial charge < -0.3 is 38.4 Å². The Morgan fingerprint density at radius 3 is 0.951 bits per heavy atom. The number of quaternary nitrogens is 2. The van der Waals surface area contributed by atoms with Crippen molar-refractivity contribution in [3.63, 3.8) is 0 Å². The zero-order valence-electron chi connectivity index (χ0n) is 29.3. The predicted molar refractivity (Wildman–Crippen MR) is 176 cm³/mol. The first-order valence-corrected chi connectivity index (χ1v) is 18.1. The minimum atomic E-state index is 0. The van der Waals surface area contributed by atoms with Crippen molar-refractivity contribution in [2.45, 2.75) is 181 Å². The molecule has 0 aromatic carbocycles. The molecule has 0 saturated carbocycles. The molecular formula is C36H78Br2N2O. The van der Waals surface area contributed by atoms with E-state index in [-0.39, 0.29) is 34.0 Å². The molecule has 3 nitrogen and oxygen atoms in total. The fourth-order valence-electron chi connectivity index (χ4n) is 5.84. The first-order valence-electron chi connectivity index (χ1n) is 18.1. The van der Waals surface area contributed by atoms with Gasteiger partial charge in [0.25, 0.3) is 0 Å². The monoisotopic (exact) mass is 712 g/mol. The van der Waals surface area contributed by atoms with E-state index < -0.39 is 0 Å². The maximum Gasteiger partial charge on any atom is 0.108 e.